The van der Waals surface area contributed by atoms with Crippen molar-refractivity contribution in [3.8, 4) is 0 Å². The molecular formula is C15H30N4O. The minimum absolute atomic E-state index is 0.192. The second kappa shape index (κ2) is 6.41. The minimum atomic E-state index is -0.485. The van der Waals surface area contributed by atoms with E-state index in [9.17, 15) is 4.79 Å². The van der Waals surface area contributed by atoms with Crippen LogP contribution in [0.4, 0.5) is 0 Å². The Morgan fingerprint density at radius 2 is 2.20 bits per heavy atom. The van der Waals surface area contributed by atoms with Gasteiger partial charge in [0.2, 0.25) is 5.91 Å². The molecule has 3 N–H and O–H groups in total. The summed E-state index contributed by atoms with van der Waals surface area (Å²) < 4.78 is 0. The molecule has 2 fully saturated rings. The summed E-state index contributed by atoms with van der Waals surface area (Å²) in [4.78, 5) is 16.9. The molecule has 2 rings (SSSR count). The van der Waals surface area contributed by atoms with Crippen LogP contribution in [-0.2, 0) is 4.79 Å². The molecule has 1 aliphatic carbocycles. The van der Waals surface area contributed by atoms with Crippen LogP contribution in [0.1, 0.15) is 39.0 Å². The molecule has 1 aliphatic heterocycles. The van der Waals surface area contributed by atoms with Crippen LogP contribution in [0.2, 0.25) is 0 Å². The Bertz CT molecular complexity index is 349. The lowest BCUT2D eigenvalue weighted by Gasteiger charge is -2.36. The van der Waals surface area contributed by atoms with Gasteiger partial charge < -0.3 is 16.0 Å². The van der Waals surface area contributed by atoms with Crippen LogP contribution >= 0.6 is 0 Å². The van der Waals surface area contributed by atoms with Gasteiger partial charge in [-0.3, -0.25) is 9.69 Å². The van der Waals surface area contributed by atoms with Crippen LogP contribution in [0.15, 0.2) is 0 Å². The third kappa shape index (κ3) is 3.00. The number of nitrogens with one attached hydrogen (secondary N) is 1. The monoisotopic (exact) mass is 282 g/mol. The summed E-state index contributed by atoms with van der Waals surface area (Å²) in [6.45, 7) is 5.72. The largest absolute Gasteiger partial charge is 0.368 e. The van der Waals surface area contributed by atoms with E-state index < -0.39 is 5.54 Å². The van der Waals surface area contributed by atoms with Gasteiger partial charge in [-0.15, -0.1) is 0 Å². The Labute approximate surface area is 122 Å². The molecule has 3 atom stereocenters. The maximum Gasteiger partial charge on any atom is 0.237 e. The smallest absolute Gasteiger partial charge is 0.237 e. The van der Waals surface area contributed by atoms with Gasteiger partial charge in [0.15, 0.2) is 0 Å². The van der Waals surface area contributed by atoms with Crippen LogP contribution in [0.5, 0.6) is 0 Å². The van der Waals surface area contributed by atoms with Gasteiger partial charge in [0, 0.05) is 18.6 Å². The van der Waals surface area contributed by atoms with E-state index in [2.05, 4.69) is 29.1 Å². The molecule has 3 unspecified atom stereocenters. The number of nitrogens with zero attached hydrogens (tertiary/aromatic N) is 2. The maximum absolute atomic E-state index is 11.8. The number of nitrogens with two attached hydrogens (primary N) is 1. The first-order valence-corrected chi connectivity index (χ1v) is 7.95. The Hall–Kier alpha value is -0.650. The minimum Gasteiger partial charge on any atom is -0.368 e. The third-order valence-electron chi connectivity index (χ3n) is 5.33. The summed E-state index contributed by atoms with van der Waals surface area (Å²) in [7, 11) is 4.07. The normalized spacial score (nSPS) is 37.0. The second-order valence-electron chi connectivity index (χ2n) is 6.51. The summed E-state index contributed by atoms with van der Waals surface area (Å²) >= 11 is 0. The molecule has 2 aliphatic rings. The first-order chi connectivity index (χ1) is 9.52. The molecule has 0 bridgehead atoms. The van der Waals surface area contributed by atoms with E-state index in [1.165, 1.54) is 19.4 Å². The fourth-order valence-corrected chi connectivity index (χ4v) is 3.98. The van der Waals surface area contributed by atoms with E-state index in [1.54, 1.807) is 0 Å². The van der Waals surface area contributed by atoms with Gasteiger partial charge in [-0.05, 0) is 59.3 Å². The van der Waals surface area contributed by atoms with Gasteiger partial charge >= 0.3 is 0 Å². The lowest BCUT2D eigenvalue weighted by molar-refractivity contribution is -0.124. The van der Waals surface area contributed by atoms with Crippen molar-refractivity contribution < 1.29 is 4.79 Å². The molecule has 5 nitrogen and oxygen atoms in total. The molecule has 20 heavy (non-hydrogen) atoms. The molecule has 0 aromatic carbocycles. The fraction of sp³-hybridized carbons (Fsp3) is 0.933. The highest BCUT2D eigenvalue weighted by Gasteiger charge is 2.45. The van der Waals surface area contributed by atoms with Gasteiger partial charge in [0.1, 0.15) is 0 Å². The van der Waals surface area contributed by atoms with Crippen molar-refractivity contribution in [2.24, 2.45) is 5.73 Å². The molecule has 116 valence electrons. The highest BCUT2D eigenvalue weighted by Crippen LogP contribution is 2.34. The number of hydrogen-bond acceptors (Lipinski definition) is 4. The Morgan fingerprint density at radius 1 is 1.45 bits per heavy atom. The average molecular weight is 282 g/mol. The number of hydrogen-bond donors (Lipinski definition) is 2. The van der Waals surface area contributed by atoms with Crippen LogP contribution in [0.3, 0.4) is 0 Å². The summed E-state index contributed by atoms with van der Waals surface area (Å²) in [6, 6.07) is 1.10. The van der Waals surface area contributed by atoms with E-state index in [-0.39, 0.29) is 5.91 Å². The number of carbonyl (C=O) groups excluding carboxylic acids is 1. The van der Waals surface area contributed by atoms with E-state index >= 15 is 0 Å². The van der Waals surface area contributed by atoms with Gasteiger partial charge in [0.25, 0.3) is 0 Å². The number of amides is 1. The molecule has 5 heteroatoms. The average Bonchev–Trinajstić information content (AvgIpc) is 2.78. The predicted molar refractivity (Wildman–Crippen MR) is 81.5 cm³/mol. The SMILES string of the molecule is CCC1CN(C)CCCN1C1CCC(NC)(C(N)=O)C1. The fourth-order valence-electron chi connectivity index (χ4n) is 3.98. The quantitative estimate of drug-likeness (QED) is 0.783. The topological polar surface area (TPSA) is 61.6 Å². The number of carbonyl (C=O) groups is 1. The molecule has 1 amide bonds. The van der Waals surface area contributed by atoms with Gasteiger partial charge in [-0.2, -0.15) is 0 Å². The number of likely N-dealkylation sites (N-methyl/N-ethyl adjacent to an activating group) is 2. The molecule has 1 heterocycles. The molecule has 0 radical (unpaired) electrons. The molecule has 0 aromatic rings. The zero-order valence-corrected chi connectivity index (χ0v) is 13.2. The van der Waals surface area contributed by atoms with E-state index in [4.69, 9.17) is 5.73 Å². The Morgan fingerprint density at radius 3 is 2.75 bits per heavy atom. The molecule has 1 saturated heterocycles. The standard InChI is InChI=1S/C15H30N4O/c1-4-12-11-18(3)8-5-9-19(12)13-6-7-15(10-13,17-2)14(16)20/h12-13,17H,4-11H2,1-3H3,(H2,16,20). The molecule has 0 aromatic heterocycles. The first kappa shape index (κ1) is 15.7. The second-order valence-corrected chi connectivity index (χ2v) is 6.51. The van der Waals surface area contributed by atoms with Gasteiger partial charge in [-0.1, -0.05) is 6.92 Å². The number of rotatable bonds is 4. The third-order valence-corrected chi connectivity index (χ3v) is 5.33. The van der Waals surface area contributed by atoms with Crippen molar-refractivity contribution >= 4 is 5.91 Å². The van der Waals surface area contributed by atoms with Crippen molar-refractivity contribution in [2.75, 3.05) is 33.7 Å². The van der Waals surface area contributed by atoms with Crippen molar-refractivity contribution in [1.82, 2.24) is 15.1 Å². The Balaban J connectivity index is 2.09. The highest BCUT2D eigenvalue weighted by atomic mass is 16.1. The number of primary amides is 1. The molecule has 0 spiro atoms. The van der Waals surface area contributed by atoms with Crippen LogP contribution < -0.4 is 11.1 Å². The molecular weight excluding hydrogens is 252 g/mol. The first-order valence-electron chi connectivity index (χ1n) is 7.95. The van der Waals surface area contributed by atoms with Crippen molar-refractivity contribution in [3.63, 3.8) is 0 Å². The molecule has 1 saturated carbocycles. The zero-order chi connectivity index (χ0) is 14.8. The van der Waals surface area contributed by atoms with Crippen molar-refractivity contribution in [3.05, 3.63) is 0 Å². The summed E-state index contributed by atoms with van der Waals surface area (Å²) in [5.41, 5.74) is 5.14. The lowest BCUT2D eigenvalue weighted by atomic mass is 9.96. The van der Waals surface area contributed by atoms with Crippen LogP contribution in [0, 0.1) is 0 Å². The van der Waals surface area contributed by atoms with Crippen molar-refractivity contribution in [2.45, 2.75) is 56.7 Å². The summed E-state index contributed by atoms with van der Waals surface area (Å²) in [5.74, 6) is -0.192. The maximum atomic E-state index is 11.8. The Kier molecular flexibility index (Phi) is 5.04. The summed E-state index contributed by atoms with van der Waals surface area (Å²) in [5, 5.41) is 3.19. The lowest BCUT2D eigenvalue weighted by Crippen LogP contribution is -2.54. The van der Waals surface area contributed by atoms with Crippen LogP contribution in [0.25, 0.3) is 0 Å². The van der Waals surface area contributed by atoms with Gasteiger partial charge in [-0.25, -0.2) is 0 Å². The van der Waals surface area contributed by atoms with Gasteiger partial charge in [0.05, 0.1) is 5.54 Å². The van der Waals surface area contributed by atoms with E-state index in [0.717, 1.165) is 32.4 Å². The highest BCUT2D eigenvalue weighted by molar-refractivity contribution is 5.85. The predicted octanol–water partition coefficient (Wildman–Crippen LogP) is 0.399. The van der Waals surface area contributed by atoms with E-state index in [1.807, 2.05) is 7.05 Å². The van der Waals surface area contributed by atoms with Crippen molar-refractivity contribution in [1.29, 1.82) is 0 Å². The van der Waals surface area contributed by atoms with Crippen LogP contribution in [-0.4, -0.2) is 67.1 Å². The zero-order valence-electron chi connectivity index (χ0n) is 13.2. The summed E-state index contributed by atoms with van der Waals surface area (Å²) in [6.07, 6.45) is 5.19. The van der Waals surface area contributed by atoms with E-state index in [0.29, 0.717) is 12.1 Å².